The van der Waals surface area contributed by atoms with E-state index in [9.17, 15) is 4.39 Å². The molecule has 3 rings (SSSR count). The van der Waals surface area contributed by atoms with Gasteiger partial charge in [-0.05, 0) is 0 Å². The normalized spacial score (nSPS) is 29.6. The highest BCUT2D eigenvalue weighted by molar-refractivity contribution is 5.37. The van der Waals surface area contributed by atoms with E-state index in [2.05, 4.69) is 10.3 Å². The molecular formula is C9H9FN2O. The predicted octanol–water partition coefficient (Wildman–Crippen LogP) is 1.02. The molecule has 1 fully saturated rings. The first kappa shape index (κ1) is 7.26. The van der Waals surface area contributed by atoms with E-state index >= 15 is 0 Å². The molecule has 2 atom stereocenters. The Kier molecular flexibility index (Phi) is 1.35. The number of fused-ring (bicyclic) bond motifs is 4. The zero-order chi connectivity index (χ0) is 8.84. The lowest BCUT2D eigenvalue weighted by atomic mass is 10.0. The third-order valence-corrected chi connectivity index (χ3v) is 2.63. The summed E-state index contributed by atoms with van der Waals surface area (Å²) in [6.07, 6.45) is 3.94. The van der Waals surface area contributed by atoms with E-state index in [1.807, 2.05) is 0 Å². The van der Waals surface area contributed by atoms with Crippen molar-refractivity contribution in [3.8, 4) is 5.75 Å². The first-order chi connectivity index (χ1) is 6.34. The fraction of sp³-hybridized carbons (Fsp3) is 0.444. The van der Waals surface area contributed by atoms with Crippen LogP contribution in [0, 0.1) is 5.82 Å². The maximum atomic E-state index is 13.2. The molecule has 0 aromatic carbocycles. The molecule has 1 saturated heterocycles. The van der Waals surface area contributed by atoms with Crippen LogP contribution < -0.4 is 10.1 Å². The van der Waals surface area contributed by atoms with E-state index in [4.69, 9.17) is 4.74 Å². The summed E-state index contributed by atoms with van der Waals surface area (Å²) in [5.41, 5.74) is 0.855. The standard InChI is InChI=1S/C9H9FN2O/c10-7-4-11-3-6-8-1-5(2-12-8)13-9(6)7/h3-5,8,12H,1-2H2/t5-,8-/m0/s1. The van der Waals surface area contributed by atoms with Crippen LogP contribution in [0.15, 0.2) is 12.4 Å². The van der Waals surface area contributed by atoms with Crippen molar-refractivity contribution in [1.29, 1.82) is 0 Å². The van der Waals surface area contributed by atoms with Gasteiger partial charge in [-0.2, -0.15) is 0 Å². The topological polar surface area (TPSA) is 34.1 Å². The molecule has 1 aromatic heterocycles. The number of rotatable bonds is 0. The van der Waals surface area contributed by atoms with Crippen molar-refractivity contribution in [1.82, 2.24) is 10.3 Å². The summed E-state index contributed by atoms with van der Waals surface area (Å²) in [4.78, 5) is 3.82. The van der Waals surface area contributed by atoms with Gasteiger partial charge in [0.15, 0.2) is 11.6 Å². The lowest BCUT2D eigenvalue weighted by molar-refractivity contribution is 0.194. The Hall–Kier alpha value is -1.16. The second-order valence-electron chi connectivity index (χ2n) is 3.48. The smallest absolute Gasteiger partial charge is 0.183 e. The molecule has 0 saturated carbocycles. The molecule has 2 aliphatic heterocycles. The Balaban J connectivity index is 2.16. The van der Waals surface area contributed by atoms with Gasteiger partial charge in [0.1, 0.15) is 6.10 Å². The summed E-state index contributed by atoms with van der Waals surface area (Å²) in [5, 5.41) is 3.27. The fourth-order valence-corrected chi connectivity index (χ4v) is 2.01. The molecule has 1 N–H and O–H groups in total. The van der Waals surface area contributed by atoms with Gasteiger partial charge in [-0.15, -0.1) is 0 Å². The number of pyridine rings is 1. The Labute approximate surface area is 74.9 Å². The monoisotopic (exact) mass is 180 g/mol. The molecular weight excluding hydrogens is 171 g/mol. The molecule has 3 nitrogen and oxygen atoms in total. The summed E-state index contributed by atoms with van der Waals surface area (Å²) in [7, 11) is 0. The second-order valence-corrected chi connectivity index (χ2v) is 3.48. The van der Waals surface area contributed by atoms with Crippen molar-refractivity contribution >= 4 is 0 Å². The number of halogens is 1. The SMILES string of the molecule is Fc1cncc2c1O[C@@H]1CN[C@H]2C1. The van der Waals surface area contributed by atoms with Gasteiger partial charge in [-0.1, -0.05) is 0 Å². The van der Waals surface area contributed by atoms with Crippen LogP contribution in [0.1, 0.15) is 18.0 Å². The van der Waals surface area contributed by atoms with E-state index in [0.717, 1.165) is 18.5 Å². The maximum absolute atomic E-state index is 13.2. The lowest BCUT2D eigenvalue weighted by Crippen LogP contribution is -2.20. The molecule has 4 heteroatoms. The summed E-state index contributed by atoms with van der Waals surface area (Å²) < 4.78 is 18.7. The molecule has 2 aliphatic rings. The van der Waals surface area contributed by atoms with E-state index < -0.39 is 0 Å². The minimum Gasteiger partial charge on any atom is -0.485 e. The third-order valence-electron chi connectivity index (χ3n) is 2.63. The minimum absolute atomic E-state index is 0.134. The van der Waals surface area contributed by atoms with Gasteiger partial charge in [0.25, 0.3) is 0 Å². The molecule has 1 aromatic rings. The van der Waals surface area contributed by atoms with Crippen LogP contribution in [0.2, 0.25) is 0 Å². The van der Waals surface area contributed by atoms with Gasteiger partial charge in [0.2, 0.25) is 0 Å². The molecule has 0 spiro atoms. The molecule has 3 heterocycles. The average Bonchev–Trinajstić information content (AvgIpc) is 2.51. The van der Waals surface area contributed by atoms with Crippen molar-refractivity contribution in [2.45, 2.75) is 18.6 Å². The number of hydrogen-bond acceptors (Lipinski definition) is 3. The zero-order valence-corrected chi connectivity index (χ0v) is 6.96. The van der Waals surface area contributed by atoms with Crippen molar-refractivity contribution in [3.05, 3.63) is 23.8 Å². The largest absolute Gasteiger partial charge is 0.485 e. The number of aromatic nitrogens is 1. The summed E-state index contributed by atoms with van der Waals surface area (Å²) in [6, 6.07) is 0.233. The molecule has 0 unspecified atom stereocenters. The van der Waals surface area contributed by atoms with Crippen LogP contribution in [0.3, 0.4) is 0 Å². The van der Waals surface area contributed by atoms with Crippen LogP contribution in [0.4, 0.5) is 4.39 Å². The van der Waals surface area contributed by atoms with Gasteiger partial charge in [-0.3, -0.25) is 4.98 Å². The molecule has 2 bridgehead atoms. The highest BCUT2D eigenvalue weighted by atomic mass is 19.1. The van der Waals surface area contributed by atoms with Crippen molar-refractivity contribution < 1.29 is 9.13 Å². The van der Waals surface area contributed by atoms with E-state index in [0.29, 0.717) is 5.75 Å². The lowest BCUT2D eigenvalue weighted by Gasteiger charge is -2.22. The van der Waals surface area contributed by atoms with Gasteiger partial charge in [-0.25, -0.2) is 4.39 Å². The second kappa shape index (κ2) is 2.42. The van der Waals surface area contributed by atoms with Crippen LogP contribution in [0.25, 0.3) is 0 Å². The molecule has 68 valence electrons. The number of ether oxygens (including phenoxy) is 1. The van der Waals surface area contributed by atoms with Crippen molar-refractivity contribution in [2.75, 3.05) is 6.54 Å². The Morgan fingerprint density at radius 3 is 3.38 bits per heavy atom. The molecule has 0 amide bonds. The average molecular weight is 180 g/mol. The Morgan fingerprint density at radius 2 is 2.46 bits per heavy atom. The van der Waals surface area contributed by atoms with Crippen LogP contribution >= 0.6 is 0 Å². The zero-order valence-electron chi connectivity index (χ0n) is 6.96. The highest BCUT2D eigenvalue weighted by Crippen LogP contribution is 2.38. The van der Waals surface area contributed by atoms with Crippen molar-refractivity contribution in [2.24, 2.45) is 0 Å². The molecule has 13 heavy (non-hydrogen) atoms. The predicted molar refractivity (Wildman–Crippen MR) is 44.0 cm³/mol. The first-order valence-corrected chi connectivity index (χ1v) is 4.38. The summed E-state index contributed by atoms with van der Waals surface area (Å²) in [6.45, 7) is 0.804. The highest BCUT2D eigenvalue weighted by Gasteiger charge is 2.35. The summed E-state index contributed by atoms with van der Waals surface area (Å²) >= 11 is 0. The quantitative estimate of drug-likeness (QED) is 0.647. The number of nitrogens with one attached hydrogen (secondary N) is 1. The van der Waals surface area contributed by atoms with Crippen LogP contribution in [-0.4, -0.2) is 17.6 Å². The Morgan fingerprint density at radius 1 is 1.54 bits per heavy atom. The number of nitrogens with zero attached hydrogens (tertiary/aromatic N) is 1. The number of hydrogen-bond donors (Lipinski definition) is 1. The molecule has 0 radical (unpaired) electrons. The summed E-state index contributed by atoms with van der Waals surface area (Å²) in [5.74, 6) is 0.0390. The third kappa shape index (κ3) is 0.951. The van der Waals surface area contributed by atoms with E-state index in [-0.39, 0.29) is 18.0 Å². The van der Waals surface area contributed by atoms with E-state index in [1.54, 1.807) is 6.20 Å². The minimum atomic E-state index is -0.351. The van der Waals surface area contributed by atoms with Gasteiger partial charge < -0.3 is 10.1 Å². The Bertz CT molecular complexity index is 355. The first-order valence-electron chi connectivity index (χ1n) is 4.38. The van der Waals surface area contributed by atoms with Crippen LogP contribution in [0.5, 0.6) is 5.75 Å². The van der Waals surface area contributed by atoms with Gasteiger partial charge in [0.05, 0.1) is 6.20 Å². The van der Waals surface area contributed by atoms with Gasteiger partial charge >= 0.3 is 0 Å². The maximum Gasteiger partial charge on any atom is 0.183 e. The van der Waals surface area contributed by atoms with Gasteiger partial charge in [0, 0.05) is 30.8 Å². The van der Waals surface area contributed by atoms with Crippen molar-refractivity contribution in [3.63, 3.8) is 0 Å². The fourth-order valence-electron chi connectivity index (χ4n) is 2.01. The van der Waals surface area contributed by atoms with Crippen LogP contribution in [-0.2, 0) is 0 Å². The van der Waals surface area contributed by atoms with E-state index in [1.165, 1.54) is 6.20 Å². The molecule has 0 aliphatic carbocycles.